The second kappa shape index (κ2) is 5.31. The first-order chi connectivity index (χ1) is 10.9. The summed E-state index contributed by atoms with van der Waals surface area (Å²) in [5.74, 6) is -2.27. The topological polar surface area (TPSA) is 98.1 Å². The molecule has 1 amide bonds. The number of rotatable bonds is 2. The van der Waals surface area contributed by atoms with Crippen LogP contribution in [0.5, 0.6) is 17.2 Å². The van der Waals surface area contributed by atoms with E-state index in [-0.39, 0.29) is 17.9 Å². The smallest absolute Gasteiger partial charge is 0.258 e. The molecule has 118 valence electrons. The van der Waals surface area contributed by atoms with E-state index in [4.69, 9.17) is 0 Å². The van der Waals surface area contributed by atoms with Crippen molar-refractivity contribution in [3.8, 4) is 17.2 Å². The van der Waals surface area contributed by atoms with Crippen LogP contribution >= 0.6 is 0 Å². The highest BCUT2D eigenvalue weighted by atomic mass is 16.3. The third-order valence-corrected chi connectivity index (χ3v) is 3.97. The van der Waals surface area contributed by atoms with Crippen molar-refractivity contribution in [3.05, 3.63) is 53.1 Å². The molecule has 1 aliphatic rings. The van der Waals surface area contributed by atoms with Gasteiger partial charge in [0.2, 0.25) is 0 Å². The van der Waals surface area contributed by atoms with E-state index in [2.05, 4.69) is 0 Å². The number of benzene rings is 2. The Morgan fingerprint density at radius 2 is 1.70 bits per heavy atom. The van der Waals surface area contributed by atoms with Gasteiger partial charge >= 0.3 is 0 Å². The van der Waals surface area contributed by atoms with E-state index in [9.17, 15) is 24.9 Å². The predicted molar refractivity (Wildman–Crippen MR) is 81.2 cm³/mol. The maximum atomic E-state index is 12.7. The molecule has 23 heavy (non-hydrogen) atoms. The molecular weight excluding hydrogens is 298 g/mol. The van der Waals surface area contributed by atoms with Crippen LogP contribution in [0, 0.1) is 0 Å². The molecule has 6 heteroatoms. The van der Waals surface area contributed by atoms with Gasteiger partial charge in [-0.2, -0.15) is 0 Å². The third kappa shape index (κ3) is 2.38. The van der Waals surface area contributed by atoms with Crippen LogP contribution in [-0.4, -0.2) is 31.9 Å². The Kier molecular flexibility index (Phi) is 3.44. The van der Waals surface area contributed by atoms with Crippen molar-refractivity contribution in [1.82, 2.24) is 4.90 Å². The molecule has 6 nitrogen and oxygen atoms in total. The van der Waals surface area contributed by atoms with Crippen molar-refractivity contribution < 1.29 is 24.9 Å². The largest absolute Gasteiger partial charge is 0.507 e. The van der Waals surface area contributed by atoms with Gasteiger partial charge in [0.05, 0.1) is 5.56 Å². The van der Waals surface area contributed by atoms with Crippen molar-refractivity contribution in [3.63, 3.8) is 0 Å². The second-order valence-corrected chi connectivity index (χ2v) is 5.50. The molecule has 0 radical (unpaired) electrons. The first-order valence-electron chi connectivity index (χ1n) is 7.04. The lowest BCUT2D eigenvalue weighted by atomic mass is 10.0. The SMILES string of the molecule is CC(=O)[C@H]1c2ccccc2CN1C(=O)c1cc(O)c(O)cc1O. The minimum atomic E-state index is -0.728. The lowest BCUT2D eigenvalue weighted by Crippen LogP contribution is -2.33. The lowest BCUT2D eigenvalue weighted by molar-refractivity contribution is -0.121. The van der Waals surface area contributed by atoms with E-state index < -0.39 is 29.2 Å². The summed E-state index contributed by atoms with van der Waals surface area (Å²) in [7, 11) is 0. The van der Waals surface area contributed by atoms with Crippen molar-refractivity contribution in [2.24, 2.45) is 0 Å². The molecule has 0 unspecified atom stereocenters. The summed E-state index contributed by atoms with van der Waals surface area (Å²) >= 11 is 0. The number of ketones is 1. The number of Topliss-reactive ketones (excluding diaryl/α,β-unsaturated/α-hetero) is 1. The first-order valence-corrected chi connectivity index (χ1v) is 7.04. The fourth-order valence-electron chi connectivity index (χ4n) is 2.91. The summed E-state index contributed by atoms with van der Waals surface area (Å²) in [5.41, 5.74) is 1.46. The Hall–Kier alpha value is -3.02. The quantitative estimate of drug-likeness (QED) is 0.582. The van der Waals surface area contributed by atoms with Crippen LogP contribution in [0.4, 0.5) is 0 Å². The van der Waals surface area contributed by atoms with Gasteiger partial charge in [0.1, 0.15) is 11.8 Å². The zero-order valence-electron chi connectivity index (χ0n) is 12.4. The fraction of sp³-hybridized carbons (Fsp3) is 0.176. The molecule has 1 aliphatic heterocycles. The molecule has 2 aromatic carbocycles. The number of carbonyl (C=O) groups is 2. The average Bonchev–Trinajstić information content (AvgIpc) is 2.89. The fourth-order valence-corrected chi connectivity index (χ4v) is 2.91. The predicted octanol–water partition coefficient (Wildman–Crippen LogP) is 2.09. The van der Waals surface area contributed by atoms with Crippen molar-refractivity contribution >= 4 is 11.7 Å². The van der Waals surface area contributed by atoms with E-state index in [0.717, 1.165) is 23.3 Å². The number of amides is 1. The maximum absolute atomic E-state index is 12.7. The van der Waals surface area contributed by atoms with Gasteiger partial charge in [-0.05, 0) is 18.1 Å². The van der Waals surface area contributed by atoms with Crippen LogP contribution < -0.4 is 0 Å². The van der Waals surface area contributed by atoms with Gasteiger partial charge in [0.15, 0.2) is 17.3 Å². The lowest BCUT2D eigenvalue weighted by Gasteiger charge is -2.23. The number of hydrogen-bond acceptors (Lipinski definition) is 5. The minimum Gasteiger partial charge on any atom is -0.507 e. The maximum Gasteiger partial charge on any atom is 0.258 e. The zero-order valence-corrected chi connectivity index (χ0v) is 12.4. The highest BCUT2D eigenvalue weighted by Crippen LogP contribution is 2.38. The number of hydrogen-bond donors (Lipinski definition) is 3. The van der Waals surface area contributed by atoms with Gasteiger partial charge in [-0.3, -0.25) is 9.59 Å². The number of phenolic OH excluding ortho intramolecular Hbond substituents is 3. The Bertz CT molecular complexity index is 815. The molecule has 1 heterocycles. The van der Waals surface area contributed by atoms with Gasteiger partial charge in [0.25, 0.3) is 5.91 Å². The molecule has 0 bridgehead atoms. The van der Waals surface area contributed by atoms with Crippen molar-refractivity contribution in [2.45, 2.75) is 19.5 Å². The summed E-state index contributed by atoms with van der Waals surface area (Å²) in [6.07, 6.45) is 0. The minimum absolute atomic E-state index is 0.167. The molecule has 0 saturated carbocycles. The van der Waals surface area contributed by atoms with Crippen LogP contribution in [0.2, 0.25) is 0 Å². The van der Waals surface area contributed by atoms with Crippen LogP contribution in [0.15, 0.2) is 36.4 Å². The van der Waals surface area contributed by atoms with E-state index >= 15 is 0 Å². The molecule has 3 rings (SSSR count). The van der Waals surface area contributed by atoms with Crippen LogP contribution in [-0.2, 0) is 11.3 Å². The normalized spacial score (nSPS) is 16.2. The summed E-state index contributed by atoms with van der Waals surface area (Å²) in [4.78, 5) is 26.1. The highest BCUT2D eigenvalue weighted by Gasteiger charge is 2.37. The Balaban J connectivity index is 2.04. The van der Waals surface area contributed by atoms with Gasteiger partial charge in [-0.15, -0.1) is 0 Å². The summed E-state index contributed by atoms with van der Waals surface area (Å²) in [6, 6.07) is 8.42. The van der Waals surface area contributed by atoms with Gasteiger partial charge in [-0.25, -0.2) is 0 Å². The van der Waals surface area contributed by atoms with E-state index in [1.54, 1.807) is 12.1 Å². The number of fused-ring (bicyclic) bond motifs is 1. The van der Waals surface area contributed by atoms with Crippen molar-refractivity contribution in [2.75, 3.05) is 0 Å². The number of nitrogens with zero attached hydrogens (tertiary/aromatic N) is 1. The summed E-state index contributed by atoms with van der Waals surface area (Å²) < 4.78 is 0. The van der Waals surface area contributed by atoms with E-state index in [0.29, 0.717) is 0 Å². The molecule has 0 fully saturated rings. The molecular formula is C17H15NO5. The van der Waals surface area contributed by atoms with Gasteiger partial charge in [-0.1, -0.05) is 24.3 Å². The standard InChI is InChI=1S/C17H15NO5/c1-9(19)16-11-5-3-2-4-10(11)8-18(16)17(23)12-6-14(21)15(22)7-13(12)20/h2-7,16,20-22H,8H2,1H3/t16-/m0/s1. The van der Waals surface area contributed by atoms with Gasteiger partial charge < -0.3 is 20.2 Å². The van der Waals surface area contributed by atoms with Gasteiger partial charge in [0, 0.05) is 18.7 Å². The van der Waals surface area contributed by atoms with Crippen molar-refractivity contribution in [1.29, 1.82) is 0 Å². The van der Waals surface area contributed by atoms with Crippen LogP contribution in [0.3, 0.4) is 0 Å². The molecule has 2 aromatic rings. The Morgan fingerprint density at radius 3 is 2.39 bits per heavy atom. The highest BCUT2D eigenvalue weighted by molar-refractivity contribution is 6.01. The average molecular weight is 313 g/mol. The van der Waals surface area contributed by atoms with Crippen LogP contribution in [0.1, 0.15) is 34.5 Å². The Morgan fingerprint density at radius 1 is 1.04 bits per heavy atom. The monoisotopic (exact) mass is 313 g/mol. The zero-order chi connectivity index (χ0) is 16.7. The molecule has 1 atom stereocenters. The molecule has 3 N–H and O–H groups in total. The molecule has 0 aliphatic carbocycles. The summed E-state index contributed by atoms with van der Waals surface area (Å²) in [5, 5.41) is 28.8. The second-order valence-electron chi connectivity index (χ2n) is 5.50. The first kappa shape index (κ1) is 14.9. The molecule has 0 aromatic heterocycles. The number of phenols is 3. The van der Waals surface area contributed by atoms with E-state index in [1.165, 1.54) is 11.8 Å². The Labute approximate surface area is 132 Å². The van der Waals surface area contributed by atoms with E-state index in [1.807, 2.05) is 12.1 Å². The molecule has 0 spiro atoms. The summed E-state index contributed by atoms with van der Waals surface area (Å²) in [6.45, 7) is 1.64. The number of aromatic hydroxyl groups is 3. The number of carbonyl (C=O) groups excluding carboxylic acids is 2. The third-order valence-electron chi connectivity index (χ3n) is 3.97. The molecule has 0 saturated heterocycles. The van der Waals surface area contributed by atoms with Crippen LogP contribution in [0.25, 0.3) is 0 Å².